The van der Waals surface area contributed by atoms with Crippen molar-refractivity contribution in [1.29, 1.82) is 0 Å². The Bertz CT molecular complexity index is 645. The van der Waals surface area contributed by atoms with Crippen molar-refractivity contribution >= 4 is 5.69 Å². The van der Waals surface area contributed by atoms with E-state index in [0.717, 1.165) is 12.1 Å². The molecule has 0 saturated heterocycles. The molecule has 10 heteroatoms. The Morgan fingerprint density at radius 3 is 2.05 bits per heavy atom. The SMILES string of the molecule is Cc1cc(C(n2cncn2)(C(F)(F)F)C(F)(F)F)ccc1N. The fraction of sp³-hybridized carbons (Fsp3) is 0.333. The normalized spacial score (nSPS) is 13.4. The summed E-state index contributed by atoms with van der Waals surface area (Å²) in [4.78, 5) is 3.21. The van der Waals surface area contributed by atoms with Gasteiger partial charge in [-0.1, -0.05) is 12.1 Å². The highest BCUT2D eigenvalue weighted by atomic mass is 19.4. The van der Waals surface area contributed by atoms with Gasteiger partial charge in [-0.05, 0) is 24.1 Å². The second kappa shape index (κ2) is 4.89. The van der Waals surface area contributed by atoms with Gasteiger partial charge in [0.2, 0.25) is 0 Å². The van der Waals surface area contributed by atoms with Crippen LogP contribution in [0.2, 0.25) is 0 Å². The maximum atomic E-state index is 13.5. The fourth-order valence-corrected chi connectivity index (χ4v) is 2.16. The maximum Gasteiger partial charge on any atom is 0.426 e. The van der Waals surface area contributed by atoms with Crippen molar-refractivity contribution in [2.45, 2.75) is 24.8 Å². The molecule has 22 heavy (non-hydrogen) atoms. The van der Waals surface area contributed by atoms with Crippen LogP contribution in [-0.2, 0) is 5.54 Å². The van der Waals surface area contributed by atoms with Gasteiger partial charge < -0.3 is 5.73 Å². The predicted molar refractivity (Wildman–Crippen MR) is 64.8 cm³/mol. The molecule has 1 aromatic carbocycles. The number of rotatable bonds is 2. The number of aromatic nitrogens is 3. The molecule has 0 amide bonds. The number of nitrogens with two attached hydrogens (primary N) is 1. The van der Waals surface area contributed by atoms with Gasteiger partial charge in [-0.2, -0.15) is 31.4 Å². The van der Waals surface area contributed by atoms with Crippen molar-refractivity contribution in [1.82, 2.24) is 14.8 Å². The number of alkyl halides is 6. The van der Waals surface area contributed by atoms with E-state index < -0.39 is 23.5 Å². The van der Waals surface area contributed by atoms with E-state index in [1.165, 1.54) is 6.92 Å². The molecule has 0 aliphatic rings. The molecular formula is C12H10F6N4. The van der Waals surface area contributed by atoms with Crippen molar-refractivity contribution in [2.24, 2.45) is 0 Å². The van der Waals surface area contributed by atoms with E-state index in [1.54, 1.807) is 0 Å². The molecule has 0 unspecified atom stereocenters. The minimum Gasteiger partial charge on any atom is -0.399 e. The zero-order valence-electron chi connectivity index (χ0n) is 11.1. The second-order valence-corrected chi connectivity index (χ2v) is 4.62. The summed E-state index contributed by atoms with van der Waals surface area (Å²) in [6.45, 7) is 1.32. The molecule has 0 atom stereocenters. The maximum absolute atomic E-state index is 13.5. The summed E-state index contributed by atoms with van der Waals surface area (Å²) in [6, 6.07) is 2.43. The van der Waals surface area contributed by atoms with E-state index in [-0.39, 0.29) is 15.9 Å². The Balaban J connectivity index is 2.88. The van der Waals surface area contributed by atoms with Gasteiger partial charge in [-0.3, -0.25) is 0 Å². The van der Waals surface area contributed by atoms with Crippen LogP contribution in [0.25, 0.3) is 0 Å². The summed E-state index contributed by atoms with van der Waals surface area (Å²) in [5.41, 5.74) is 0.273. The molecule has 2 aromatic rings. The number of benzene rings is 1. The van der Waals surface area contributed by atoms with E-state index >= 15 is 0 Å². The van der Waals surface area contributed by atoms with Crippen molar-refractivity contribution in [3.8, 4) is 0 Å². The first-order valence-electron chi connectivity index (χ1n) is 5.87. The molecule has 2 N–H and O–H groups in total. The van der Waals surface area contributed by atoms with Crippen LogP contribution < -0.4 is 5.73 Å². The van der Waals surface area contributed by atoms with Crippen LogP contribution in [0.15, 0.2) is 30.9 Å². The molecule has 120 valence electrons. The molecule has 0 spiro atoms. The van der Waals surface area contributed by atoms with Gasteiger partial charge in [0, 0.05) is 5.69 Å². The summed E-state index contributed by atoms with van der Waals surface area (Å²) in [5.74, 6) is 0. The Hall–Kier alpha value is -2.26. The lowest BCUT2D eigenvalue weighted by Gasteiger charge is -2.37. The number of halogens is 6. The molecule has 0 fully saturated rings. The molecule has 0 aliphatic heterocycles. The highest BCUT2D eigenvalue weighted by Crippen LogP contribution is 2.52. The largest absolute Gasteiger partial charge is 0.426 e. The molecule has 0 radical (unpaired) electrons. The minimum atomic E-state index is -5.69. The number of nitrogen functional groups attached to an aromatic ring is 1. The number of aryl methyl sites for hydroxylation is 1. The van der Waals surface area contributed by atoms with E-state index in [2.05, 4.69) is 10.1 Å². The lowest BCUT2D eigenvalue weighted by Crippen LogP contribution is -2.59. The smallest absolute Gasteiger partial charge is 0.399 e. The number of anilines is 1. The lowest BCUT2D eigenvalue weighted by molar-refractivity contribution is -0.316. The van der Waals surface area contributed by atoms with E-state index in [9.17, 15) is 26.3 Å². The lowest BCUT2D eigenvalue weighted by atomic mass is 9.87. The zero-order valence-corrected chi connectivity index (χ0v) is 11.1. The van der Waals surface area contributed by atoms with Gasteiger partial charge in [0.1, 0.15) is 12.7 Å². The van der Waals surface area contributed by atoms with Gasteiger partial charge in [0.15, 0.2) is 0 Å². The van der Waals surface area contributed by atoms with Crippen molar-refractivity contribution in [3.05, 3.63) is 42.0 Å². The second-order valence-electron chi connectivity index (χ2n) is 4.62. The quantitative estimate of drug-likeness (QED) is 0.682. The molecule has 4 nitrogen and oxygen atoms in total. The average molecular weight is 324 g/mol. The van der Waals surface area contributed by atoms with E-state index in [4.69, 9.17) is 5.73 Å². The van der Waals surface area contributed by atoms with Gasteiger partial charge in [-0.25, -0.2) is 9.67 Å². The first-order valence-corrected chi connectivity index (χ1v) is 5.87. The molecule has 1 heterocycles. The highest BCUT2D eigenvalue weighted by Gasteiger charge is 2.74. The van der Waals surface area contributed by atoms with Gasteiger partial charge >= 0.3 is 12.4 Å². The van der Waals surface area contributed by atoms with Crippen LogP contribution in [-0.4, -0.2) is 27.1 Å². The third-order valence-electron chi connectivity index (χ3n) is 3.27. The van der Waals surface area contributed by atoms with Crippen molar-refractivity contribution in [2.75, 3.05) is 5.73 Å². The molecular weight excluding hydrogens is 314 g/mol. The van der Waals surface area contributed by atoms with Crippen molar-refractivity contribution < 1.29 is 26.3 Å². The Morgan fingerprint density at radius 1 is 1.05 bits per heavy atom. The van der Waals surface area contributed by atoms with Crippen LogP contribution >= 0.6 is 0 Å². The van der Waals surface area contributed by atoms with Gasteiger partial charge in [0.05, 0.1) is 0 Å². The Kier molecular flexibility index (Phi) is 3.58. The summed E-state index contributed by atoms with van der Waals surface area (Å²) < 4.78 is 80.8. The predicted octanol–water partition coefficient (Wildman–Crippen LogP) is 3.04. The number of nitrogens with zero attached hydrogens (tertiary/aromatic N) is 3. The third kappa shape index (κ3) is 2.18. The molecule has 0 saturated carbocycles. The first kappa shape index (κ1) is 16.1. The van der Waals surface area contributed by atoms with E-state index in [1.807, 2.05) is 0 Å². The van der Waals surface area contributed by atoms with Crippen LogP contribution in [0, 0.1) is 6.92 Å². The van der Waals surface area contributed by atoms with Crippen LogP contribution in [0.5, 0.6) is 0 Å². The standard InChI is InChI=1S/C12H10F6N4/c1-7-4-8(2-3-9(7)19)10(11(13,14)15,12(16,17)18)22-6-20-5-21-22/h2-6H,19H2,1H3. The number of hydrogen-bond acceptors (Lipinski definition) is 3. The molecule has 0 bridgehead atoms. The van der Waals surface area contributed by atoms with Crippen molar-refractivity contribution in [3.63, 3.8) is 0 Å². The monoisotopic (exact) mass is 324 g/mol. The summed E-state index contributed by atoms with van der Waals surface area (Å²) in [7, 11) is 0. The van der Waals surface area contributed by atoms with Gasteiger partial charge in [-0.15, -0.1) is 0 Å². The molecule has 2 rings (SSSR count). The fourth-order valence-electron chi connectivity index (χ4n) is 2.16. The van der Waals surface area contributed by atoms with Crippen LogP contribution in [0.1, 0.15) is 11.1 Å². The number of hydrogen-bond donors (Lipinski definition) is 1. The van der Waals surface area contributed by atoms with Gasteiger partial charge in [0.25, 0.3) is 5.54 Å². The topological polar surface area (TPSA) is 56.7 Å². The average Bonchev–Trinajstić information content (AvgIpc) is 2.84. The molecule has 1 aromatic heterocycles. The summed E-state index contributed by atoms with van der Waals surface area (Å²) >= 11 is 0. The highest BCUT2D eigenvalue weighted by molar-refractivity contribution is 5.50. The minimum absolute atomic E-state index is 0.0839. The Morgan fingerprint density at radius 2 is 1.64 bits per heavy atom. The molecule has 0 aliphatic carbocycles. The summed E-state index contributed by atoms with van der Waals surface area (Å²) in [5, 5.41) is 3.08. The van der Waals surface area contributed by atoms with Crippen LogP contribution in [0.3, 0.4) is 0 Å². The zero-order chi connectivity index (χ0) is 16.8. The first-order chi connectivity index (χ1) is 10.0. The Labute approximate surface area is 120 Å². The van der Waals surface area contributed by atoms with E-state index in [0.29, 0.717) is 18.7 Å². The third-order valence-corrected chi connectivity index (χ3v) is 3.27. The summed E-state index contributed by atoms with van der Waals surface area (Å²) in [6.07, 6.45) is -10.4. The van der Waals surface area contributed by atoms with Crippen LogP contribution in [0.4, 0.5) is 32.0 Å².